The van der Waals surface area contributed by atoms with Gasteiger partial charge in [-0.25, -0.2) is 24.7 Å². The summed E-state index contributed by atoms with van der Waals surface area (Å²) in [5.41, 5.74) is 2.75. The predicted molar refractivity (Wildman–Crippen MR) is 114 cm³/mol. The van der Waals surface area contributed by atoms with E-state index >= 15 is 0 Å². The van der Waals surface area contributed by atoms with E-state index in [9.17, 15) is 9.59 Å². The fraction of sp³-hybridized carbons (Fsp3) is 0.238. The molecule has 4 rings (SSSR count). The molecule has 10 heteroatoms. The molecule has 2 aromatic heterocycles. The molecule has 1 fully saturated rings. The molecule has 2 amide bonds. The van der Waals surface area contributed by atoms with E-state index in [4.69, 9.17) is 4.74 Å². The quantitative estimate of drug-likeness (QED) is 0.555. The molecule has 1 aromatic carbocycles. The van der Waals surface area contributed by atoms with E-state index in [1.807, 2.05) is 0 Å². The fourth-order valence-corrected chi connectivity index (χ4v) is 3.04. The van der Waals surface area contributed by atoms with Crippen LogP contribution in [0.3, 0.4) is 0 Å². The van der Waals surface area contributed by atoms with Gasteiger partial charge >= 0.3 is 6.09 Å². The number of hydrogen-bond acceptors (Lipinski definition) is 8. The molecular formula is C21H21N7O3. The molecule has 0 unspecified atom stereocenters. The highest BCUT2D eigenvalue weighted by molar-refractivity contribution is 6.04. The lowest BCUT2D eigenvalue weighted by Gasteiger charge is -2.14. The molecule has 1 aliphatic rings. The van der Waals surface area contributed by atoms with Crippen molar-refractivity contribution < 1.29 is 14.3 Å². The van der Waals surface area contributed by atoms with Gasteiger partial charge in [0.25, 0.3) is 11.8 Å². The largest absolute Gasteiger partial charge is 0.418 e. The molecule has 1 aliphatic carbocycles. The smallest absolute Gasteiger partial charge is 0.387 e. The molecule has 0 bridgehead atoms. The van der Waals surface area contributed by atoms with Crippen molar-refractivity contribution in [1.82, 2.24) is 25.3 Å². The number of carbonyl (C=O) groups is 2. The molecule has 0 saturated heterocycles. The van der Waals surface area contributed by atoms with E-state index in [-0.39, 0.29) is 17.6 Å². The summed E-state index contributed by atoms with van der Waals surface area (Å²) < 4.78 is 5.49. The van der Waals surface area contributed by atoms with Crippen molar-refractivity contribution in [1.29, 1.82) is 0 Å². The van der Waals surface area contributed by atoms with E-state index in [2.05, 4.69) is 35.9 Å². The molecule has 31 heavy (non-hydrogen) atoms. The van der Waals surface area contributed by atoms with E-state index in [0.29, 0.717) is 22.9 Å². The van der Waals surface area contributed by atoms with Crippen LogP contribution in [0.1, 0.15) is 40.4 Å². The molecular weight excluding hydrogens is 398 g/mol. The highest BCUT2D eigenvalue weighted by atomic mass is 16.6. The zero-order chi connectivity index (χ0) is 21.8. The van der Waals surface area contributed by atoms with Gasteiger partial charge < -0.3 is 15.4 Å². The van der Waals surface area contributed by atoms with Gasteiger partial charge in [0, 0.05) is 13.0 Å². The normalized spacial score (nSPS) is 12.7. The van der Waals surface area contributed by atoms with E-state index in [1.165, 1.54) is 13.4 Å². The monoisotopic (exact) mass is 419 g/mol. The van der Waals surface area contributed by atoms with Crippen LogP contribution in [-0.2, 0) is 0 Å². The number of amides is 2. The Kier molecular flexibility index (Phi) is 5.69. The van der Waals surface area contributed by atoms with Gasteiger partial charge in [0.05, 0.1) is 41.2 Å². The Hall–Kier alpha value is -4.08. The van der Waals surface area contributed by atoms with Crippen LogP contribution in [0.4, 0.5) is 22.0 Å². The minimum absolute atomic E-state index is 0.0277. The molecule has 158 valence electrons. The van der Waals surface area contributed by atoms with Gasteiger partial charge in [0.15, 0.2) is 5.82 Å². The number of ether oxygens (including phenoxy) is 1. The number of benzene rings is 1. The van der Waals surface area contributed by atoms with Crippen LogP contribution in [0, 0.1) is 6.92 Å². The lowest BCUT2D eigenvalue weighted by molar-refractivity contribution is 0.0963. The van der Waals surface area contributed by atoms with Gasteiger partial charge in [-0.1, -0.05) is 12.1 Å². The molecule has 0 radical (unpaired) electrons. The van der Waals surface area contributed by atoms with Crippen molar-refractivity contribution >= 4 is 29.2 Å². The van der Waals surface area contributed by atoms with Gasteiger partial charge in [0.1, 0.15) is 6.33 Å². The first-order chi connectivity index (χ1) is 15.0. The first kappa shape index (κ1) is 20.2. The van der Waals surface area contributed by atoms with Crippen LogP contribution in [-0.4, -0.2) is 39.0 Å². The van der Waals surface area contributed by atoms with Crippen molar-refractivity contribution in [3.05, 3.63) is 59.9 Å². The van der Waals surface area contributed by atoms with Gasteiger partial charge in [-0.3, -0.25) is 10.1 Å². The van der Waals surface area contributed by atoms with Crippen molar-refractivity contribution in [3.8, 4) is 5.88 Å². The second kappa shape index (κ2) is 8.74. The van der Waals surface area contributed by atoms with Gasteiger partial charge in [-0.2, -0.15) is 0 Å². The molecule has 1 saturated carbocycles. The summed E-state index contributed by atoms with van der Waals surface area (Å²) in [5.74, 6) is 0.295. The molecule has 0 spiro atoms. The summed E-state index contributed by atoms with van der Waals surface area (Å²) >= 11 is 0. The Balaban J connectivity index is 1.58. The second-order valence-electron chi connectivity index (χ2n) is 7.07. The standard InChI is InChI=1S/C21H21N7O3/c1-12-4-3-5-15(17(12)19(29)22-2)28-21(30)31-20-18(26-14-8-23-11-24-9-14)25-10-16(27-20)13-6-7-13/h3-5,8-11,13H,6-7H2,1-2H3,(H,22,29)(H,25,26)(H,28,30). The molecule has 3 aromatic rings. The average molecular weight is 419 g/mol. The summed E-state index contributed by atoms with van der Waals surface area (Å²) in [4.78, 5) is 41.6. The maximum atomic E-state index is 12.7. The van der Waals surface area contributed by atoms with Gasteiger partial charge in [-0.05, 0) is 31.4 Å². The lowest BCUT2D eigenvalue weighted by atomic mass is 10.1. The average Bonchev–Trinajstić information content (AvgIpc) is 3.61. The maximum absolute atomic E-state index is 12.7. The van der Waals surface area contributed by atoms with Gasteiger partial charge in [-0.15, -0.1) is 0 Å². The van der Waals surface area contributed by atoms with E-state index in [1.54, 1.807) is 43.7 Å². The number of hydrogen-bond donors (Lipinski definition) is 3. The number of aromatic nitrogens is 4. The summed E-state index contributed by atoms with van der Waals surface area (Å²) in [7, 11) is 1.53. The fourth-order valence-electron chi connectivity index (χ4n) is 3.04. The van der Waals surface area contributed by atoms with E-state index in [0.717, 1.165) is 24.1 Å². The lowest BCUT2D eigenvalue weighted by Crippen LogP contribution is -2.24. The molecule has 2 heterocycles. The number of nitrogens with one attached hydrogen (secondary N) is 3. The number of anilines is 3. The van der Waals surface area contributed by atoms with Crippen molar-refractivity contribution in [2.75, 3.05) is 17.7 Å². The van der Waals surface area contributed by atoms with Crippen LogP contribution >= 0.6 is 0 Å². The van der Waals surface area contributed by atoms with Crippen molar-refractivity contribution in [3.63, 3.8) is 0 Å². The van der Waals surface area contributed by atoms with Crippen molar-refractivity contribution in [2.45, 2.75) is 25.7 Å². The Morgan fingerprint density at radius 2 is 1.90 bits per heavy atom. The number of carbonyl (C=O) groups excluding carboxylic acids is 2. The number of aryl methyl sites for hydroxylation is 1. The minimum atomic E-state index is -0.787. The molecule has 3 N–H and O–H groups in total. The Morgan fingerprint density at radius 3 is 2.61 bits per heavy atom. The third kappa shape index (κ3) is 4.74. The van der Waals surface area contributed by atoms with Gasteiger partial charge in [0.2, 0.25) is 0 Å². The van der Waals surface area contributed by atoms with Crippen LogP contribution in [0.15, 0.2) is 43.1 Å². The summed E-state index contributed by atoms with van der Waals surface area (Å²) in [6.07, 6.45) is 7.47. The summed E-state index contributed by atoms with van der Waals surface area (Å²) in [6.45, 7) is 1.79. The molecule has 0 atom stereocenters. The third-order valence-electron chi connectivity index (χ3n) is 4.73. The molecule has 0 aliphatic heterocycles. The van der Waals surface area contributed by atoms with E-state index < -0.39 is 6.09 Å². The summed E-state index contributed by atoms with van der Waals surface area (Å²) in [5, 5.41) is 8.21. The minimum Gasteiger partial charge on any atom is -0.387 e. The zero-order valence-corrected chi connectivity index (χ0v) is 17.0. The van der Waals surface area contributed by atoms with Crippen LogP contribution in [0.25, 0.3) is 0 Å². The Bertz CT molecular complexity index is 1120. The maximum Gasteiger partial charge on any atom is 0.418 e. The first-order valence-electron chi connectivity index (χ1n) is 9.74. The number of rotatable bonds is 6. The second-order valence-corrected chi connectivity index (χ2v) is 7.07. The van der Waals surface area contributed by atoms with Crippen LogP contribution in [0.2, 0.25) is 0 Å². The highest BCUT2D eigenvalue weighted by Gasteiger charge is 2.27. The summed E-state index contributed by atoms with van der Waals surface area (Å²) in [6, 6.07) is 5.16. The first-order valence-corrected chi connectivity index (χ1v) is 9.74. The number of nitrogens with zero attached hydrogens (tertiary/aromatic N) is 4. The van der Waals surface area contributed by atoms with Crippen LogP contribution in [0.5, 0.6) is 5.88 Å². The Labute approximate surface area is 178 Å². The zero-order valence-electron chi connectivity index (χ0n) is 17.0. The molecule has 10 nitrogen and oxygen atoms in total. The SMILES string of the molecule is CNC(=O)c1c(C)cccc1NC(=O)Oc1nc(C2CC2)cnc1Nc1cncnc1. The third-order valence-corrected chi connectivity index (χ3v) is 4.73. The van der Waals surface area contributed by atoms with Crippen LogP contribution < -0.4 is 20.7 Å². The topological polar surface area (TPSA) is 131 Å². The van der Waals surface area contributed by atoms with Crippen molar-refractivity contribution in [2.24, 2.45) is 0 Å². The Morgan fingerprint density at radius 1 is 1.13 bits per heavy atom. The highest BCUT2D eigenvalue weighted by Crippen LogP contribution is 2.40. The predicted octanol–water partition coefficient (Wildman–Crippen LogP) is 3.17.